The number of hydrogen-bond donors (Lipinski definition) is 2. The zero-order valence-corrected chi connectivity index (χ0v) is 10.8. The van der Waals surface area contributed by atoms with Gasteiger partial charge in [-0.25, -0.2) is 9.78 Å². The van der Waals surface area contributed by atoms with E-state index in [9.17, 15) is 9.90 Å². The molecule has 6 heteroatoms. The second-order valence-corrected chi connectivity index (χ2v) is 4.97. The first kappa shape index (κ1) is 13.1. The fraction of sp³-hybridized carbons (Fsp3) is 0.500. The van der Waals surface area contributed by atoms with E-state index in [-0.39, 0.29) is 22.6 Å². The maximum Gasteiger partial charge on any atom is 0.337 e. The van der Waals surface area contributed by atoms with Gasteiger partial charge >= 0.3 is 5.97 Å². The minimum atomic E-state index is -1.06. The van der Waals surface area contributed by atoms with E-state index in [0.717, 1.165) is 13.0 Å². The average molecular weight is 271 g/mol. The summed E-state index contributed by atoms with van der Waals surface area (Å²) in [5.74, 6) is -0.259. The lowest BCUT2D eigenvalue weighted by molar-refractivity contribution is 0.0697. The molecule has 1 aromatic rings. The predicted molar refractivity (Wildman–Crippen MR) is 68.2 cm³/mol. The molecule has 1 fully saturated rings. The molecule has 18 heavy (non-hydrogen) atoms. The monoisotopic (exact) mass is 270 g/mol. The van der Waals surface area contributed by atoms with E-state index >= 15 is 0 Å². The molecule has 2 heterocycles. The largest absolute Gasteiger partial charge is 0.478 e. The number of pyridine rings is 1. The van der Waals surface area contributed by atoms with Crippen molar-refractivity contribution in [1.82, 2.24) is 4.98 Å². The van der Waals surface area contributed by atoms with Crippen LogP contribution >= 0.6 is 11.6 Å². The van der Waals surface area contributed by atoms with Crippen LogP contribution in [0.3, 0.4) is 0 Å². The molecule has 2 unspecified atom stereocenters. The summed E-state index contributed by atoms with van der Waals surface area (Å²) in [5, 5.41) is 18.7. The Balaban J connectivity index is 2.20. The Hall–Kier alpha value is -1.33. The second kappa shape index (κ2) is 5.12. The number of nitrogens with zero attached hydrogens (tertiary/aromatic N) is 2. The van der Waals surface area contributed by atoms with Gasteiger partial charge in [-0.05, 0) is 19.4 Å². The van der Waals surface area contributed by atoms with Gasteiger partial charge in [0.25, 0.3) is 0 Å². The van der Waals surface area contributed by atoms with Crippen molar-refractivity contribution < 1.29 is 15.0 Å². The predicted octanol–water partition coefficient (Wildman–Crippen LogP) is 1.64. The quantitative estimate of drug-likeness (QED) is 0.873. The highest BCUT2D eigenvalue weighted by atomic mass is 35.5. The summed E-state index contributed by atoms with van der Waals surface area (Å²) in [5.41, 5.74) is 0.0576. The van der Waals surface area contributed by atoms with Crippen LogP contribution < -0.4 is 4.90 Å². The third-order valence-corrected chi connectivity index (χ3v) is 3.60. The first-order valence-electron chi connectivity index (χ1n) is 5.81. The van der Waals surface area contributed by atoms with E-state index < -0.39 is 5.97 Å². The lowest BCUT2D eigenvalue weighted by Gasteiger charge is -2.19. The lowest BCUT2D eigenvalue weighted by atomic mass is 10.0. The van der Waals surface area contributed by atoms with Gasteiger partial charge < -0.3 is 15.1 Å². The van der Waals surface area contributed by atoms with Crippen LogP contribution in [0.15, 0.2) is 12.3 Å². The summed E-state index contributed by atoms with van der Waals surface area (Å²) in [7, 11) is 0. The van der Waals surface area contributed by atoms with Crippen LogP contribution in [0.5, 0.6) is 0 Å². The van der Waals surface area contributed by atoms with E-state index in [1.807, 2.05) is 4.90 Å². The van der Waals surface area contributed by atoms with Gasteiger partial charge in [-0.15, -0.1) is 0 Å². The first-order valence-corrected chi connectivity index (χ1v) is 6.18. The van der Waals surface area contributed by atoms with Crippen LogP contribution in [0.25, 0.3) is 0 Å². The summed E-state index contributed by atoms with van der Waals surface area (Å²) in [4.78, 5) is 17.1. The number of aliphatic hydroxyl groups is 1. The molecule has 2 N–H and O–H groups in total. The van der Waals surface area contributed by atoms with Crippen LogP contribution in [0.4, 0.5) is 5.82 Å². The molecular formula is C12H15ClN2O3. The fourth-order valence-corrected chi connectivity index (χ4v) is 2.34. The Kier molecular flexibility index (Phi) is 3.73. The third kappa shape index (κ3) is 2.57. The van der Waals surface area contributed by atoms with Crippen molar-refractivity contribution in [3.63, 3.8) is 0 Å². The molecule has 0 amide bonds. The summed E-state index contributed by atoms with van der Waals surface area (Å²) < 4.78 is 0. The lowest BCUT2D eigenvalue weighted by Crippen LogP contribution is -2.24. The molecule has 0 radical (unpaired) electrons. The molecule has 5 nitrogen and oxygen atoms in total. The molecule has 0 aliphatic carbocycles. The number of rotatable bonds is 3. The highest BCUT2D eigenvalue weighted by Crippen LogP contribution is 2.26. The highest BCUT2D eigenvalue weighted by Gasteiger charge is 2.27. The minimum absolute atomic E-state index is 0.0576. The average Bonchev–Trinajstić information content (AvgIpc) is 2.78. The summed E-state index contributed by atoms with van der Waals surface area (Å²) >= 11 is 5.78. The van der Waals surface area contributed by atoms with Gasteiger partial charge in [0.2, 0.25) is 0 Å². The number of carbonyl (C=O) groups is 1. The van der Waals surface area contributed by atoms with E-state index in [1.165, 1.54) is 12.3 Å². The zero-order valence-electron chi connectivity index (χ0n) is 10.0. The van der Waals surface area contributed by atoms with E-state index in [2.05, 4.69) is 4.98 Å². The number of aromatic carboxylic acids is 1. The number of halogens is 1. The van der Waals surface area contributed by atoms with Crippen molar-refractivity contribution in [2.75, 3.05) is 18.0 Å². The van der Waals surface area contributed by atoms with Gasteiger partial charge in [-0.3, -0.25) is 0 Å². The number of hydrogen-bond acceptors (Lipinski definition) is 4. The molecule has 0 bridgehead atoms. The Labute approximate surface area is 110 Å². The van der Waals surface area contributed by atoms with Crippen LogP contribution in [-0.4, -0.2) is 40.4 Å². The highest BCUT2D eigenvalue weighted by molar-refractivity contribution is 6.33. The number of carboxylic acids is 1. The number of carboxylic acid groups (broad SMARTS) is 1. The standard InChI is InChI=1S/C12H15ClN2O3/c1-7(16)8-2-3-15(6-8)11-4-9(12(17)18)10(13)5-14-11/h4-5,7-8,16H,2-3,6H2,1H3,(H,17,18). The molecule has 1 aromatic heterocycles. The molecular weight excluding hydrogens is 256 g/mol. The molecule has 0 saturated carbocycles. The normalized spacial score (nSPS) is 21.1. The van der Waals surface area contributed by atoms with Crippen LogP contribution in [0, 0.1) is 5.92 Å². The molecule has 1 aliphatic rings. The SMILES string of the molecule is CC(O)C1CCN(c2cc(C(=O)O)c(Cl)cn2)C1. The number of anilines is 1. The van der Waals surface area contributed by atoms with Gasteiger partial charge in [-0.2, -0.15) is 0 Å². The third-order valence-electron chi connectivity index (χ3n) is 3.30. The van der Waals surface area contributed by atoms with E-state index in [4.69, 9.17) is 16.7 Å². The maximum atomic E-state index is 11.0. The summed E-state index contributed by atoms with van der Waals surface area (Å²) in [6.07, 6.45) is 1.88. The van der Waals surface area contributed by atoms with Crippen molar-refractivity contribution in [3.8, 4) is 0 Å². The number of aromatic nitrogens is 1. The van der Waals surface area contributed by atoms with Crippen LogP contribution in [0.1, 0.15) is 23.7 Å². The topological polar surface area (TPSA) is 73.7 Å². The Morgan fingerprint density at radius 2 is 2.39 bits per heavy atom. The van der Waals surface area contributed by atoms with Crippen molar-refractivity contribution in [3.05, 3.63) is 22.8 Å². The van der Waals surface area contributed by atoms with Gasteiger partial charge in [-0.1, -0.05) is 11.6 Å². The molecule has 0 spiro atoms. The van der Waals surface area contributed by atoms with Crippen molar-refractivity contribution in [2.45, 2.75) is 19.4 Å². The molecule has 1 saturated heterocycles. The molecule has 2 atom stereocenters. The molecule has 1 aliphatic heterocycles. The Morgan fingerprint density at radius 3 is 2.94 bits per heavy atom. The van der Waals surface area contributed by atoms with Gasteiger partial charge in [0.15, 0.2) is 0 Å². The Morgan fingerprint density at radius 1 is 1.67 bits per heavy atom. The van der Waals surface area contributed by atoms with Gasteiger partial charge in [0, 0.05) is 25.2 Å². The van der Waals surface area contributed by atoms with Crippen molar-refractivity contribution in [2.24, 2.45) is 5.92 Å². The molecule has 0 aromatic carbocycles. The fourth-order valence-electron chi connectivity index (χ4n) is 2.15. The van der Waals surface area contributed by atoms with E-state index in [1.54, 1.807) is 6.92 Å². The maximum absolute atomic E-state index is 11.0. The van der Waals surface area contributed by atoms with Crippen LogP contribution in [-0.2, 0) is 0 Å². The van der Waals surface area contributed by atoms with Gasteiger partial charge in [0.1, 0.15) is 5.82 Å². The van der Waals surface area contributed by atoms with Crippen molar-refractivity contribution >= 4 is 23.4 Å². The zero-order chi connectivity index (χ0) is 13.3. The van der Waals surface area contributed by atoms with Crippen LogP contribution in [0.2, 0.25) is 5.02 Å². The smallest absolute Gasteiger partial charge is 0.337 e. The second-order valence-electron chi connectivity index (χ2n) is 4.56. The number of aliphatic hydroxyl groups excluding tert-OH is 1. The van der Waals surface area contributed by atoms with Crippen molar-refractivity contribution in [1.29, 1.82) is 0 Å². The van der Waals surface area contributed by atoms with E-state index in [0.29, 0.717) is 12.4 Å². The summed E-state index contributed by atoms with van der Waals surface area (Å²) in [6.45, 7) is 3.22. The first-order chi connectivity index (χ1) is 8.49. The molecule has 98 valence electrons. The summed E-state index contributed by atoms with van der Waals surface area (Å²) in [6, 6.07) is 1.48. The minimum Gasteiger partial charge on any atom is -0.478 e. The van der Waals surface area contributed by atoms with Gasteiger partial charge in [0.05, 0.1) is 16.7 Å². The molecule has 2 rings (SSSR count). The Bertz CT molecular complexity index is 465.